The van der Waals surface area contributed by atoms with Gasteiger partial charge in [-0.2, -0.15) is 4.98 Å². The maximum absolute atomic E-state index is 5.30. The standard InChI is InChI=1S/C16H25N5O/c1-5-21(10-13-7-6-8-18-16(13)17-4)11-14-19-15(22-20-14)9-12(2)3/h6-8,12H,5,9-11H2,1-4H3,(H,17,18). The van der Waals surface area contributed by atoms with E-state index in [2.05, 4.69) is 52.2 Å². The van der Waals surface area contributed by atoms with Crippen molar-refractivity contribution < 1.29 is 4.52 Å². The molecule has 0 aliphatic carbocycles. The Labute approximate surface area is 131 Å². The lowest BCUT2D eigenvalue weighted by Gasteiger charge is -2.19. The Balaban J connectivity index is 2.01. The summed E-state index contributed by atoms with van der Waals surface area (Å²) in [6, 6.07) is 4.04. The Morgan fingerprint density at radius 1 is 1.32 bits per heavy atom. The van der Waals surface area contributed by atoms with Crippen LogP contribution in [0.2, 0.25) is 0 Å². The van der Waals surface area contributed by atoms with E-state index in [-0.39, 0.29) is 0 Å². The predicted molar refractivity (Wildman–Crippen MR) is 86.4 cm³/mol. The van der Waals surface area contributed by atoms with Crippen LogP contribution in [0.5, 0.6) is 0 Å². The van der Waals surface area contributed by atoms with Crippen LogP contribution in [-0.2, 0) is 19.5 Å². The number of nitrogens with one attached hydrogen (secondary N) is 1. The summed E-state index contributed by atoms with van der Waals surface area (Å²) in [7, 11) is 1.89. The van der Waals surface area contributed by atoms with Gasteiger partial charge in [-0.25, -0.2) is 4.98 Å². The van der Waals surface area contributed by atoms with E-state index >= 15 is 0 Å². The van der Waals surface area contributed by atoms with Gasteiger partial charge in [0.05, 0.1) is 6.54 Å². The SMILES string of the molecule is CCN(Cc1noc(CC(C)C)n1)Cc1cccnc1NC. The van der Waals surface area contributed by atoms with Crippen LogP contribution in [0.1, 0.15) is 38.0 Å². The number of nitrogens with zero attached hydrogens (tertiary/aromatic N) is 4. The van der Waals surface area contributed by atoms with Gasteiger partial charge in [0, 0.05) is 31.8 Å². The first-order valence-electron chi connectivity index (χ1n) is 7.77. The van der Waals surface area contributed by atoms with Crippen molar-refractivity contribution in [3.8, 4) is 0 Å². The van der Waals surface area contributed by atoms with Gasteiger partial charge in [-0.3, -0.25) is 4.90 Å². The average Bonchev–Trinajstić information content (AvgIpc) is 2.93. The van der Waals surface area contributed by atoms with Crippen LogP contribution in [0, 0.1) is 5.92 Å². The lowest BCUT2D eigenvalue weighted by molar-refractivity contribution is 0.258. The van der Waals surface area contributed by atoms with Crippen molar-refractivity contribution in [3.05, 3.63) is 35.6 Å². The summed E-state index contributed by atoms with van der Waals surface area (Å²) < 4.78 is 5.30. The highest BCUT2D eigenvalue weighted by Crippen LogP contribution is 2.15. The van der Waals surface area contributed by atoms with Gasteiger partial charge in [-0.05, 0) is 18.5 Å². The minimum atomic E-state index is 0.518. The van der Waals surface area contributed by atoms with Gasteiger partial charge < -0.3 is 9.84 Å². The minimum absolute atomic E-state index is 0.518. The second-order valence-corrected chi connectivity index (χ2v) is 5.77. The van der Waals surface area contributed by atoms with Gasteiger partial charge in [-0.1, -0.05) is 32.0 Å². The average molecular weight is 303 g/mol. The Morgan fingerprint density at radius 2 is 2.14 bits per heavy atom. The molecule has 0 fully saturated rings. The molecule has 0 aliphatic rings. The molecule has 0 unspecified atom stereocenters. The number of rotatable bonds is 8. The number of hydrogen-bond donors (Lipinski definition) is 1. The van der Waals surface area contributed by atoms with Crippen molar-refractivity contribution >= 4 is 5.82 Å². The fraction of sp³-hybridized carbons (Fsp3) is 0.562. The minimum Gasteiger partial charge on any atom is -0.373 e. The largest absolute Gasteiger partial charge is 0.373 e. The molecule has 2 rings (SSSR count). The van der Waals surface area contributed by atoms with Crippen LogP contribution >= 0.6 is 0 Å². The van der Waals surface area contributed by atoms with Crippen LogP contribution in [0.25, 0.3) is 0 Å². The van der Waals surface area contributed by atoms with Gasteiger partial charge >= 0.3 is 0 Å². The topological polar surface area (TPSA) is 67.1 Å². The van der Waals surface area contributed by atoms with Crippen LogP contribution in [-0.4, -0.2) is 33.6 Å². The molecule has 2 heterocycles. The number of aromatic nitrogens is 3. The maximum atomic E-state index is 5.30. The van der Waals surface area contributed by atoms with Gasteiger partial charge in [0.2, 0.25) is 5.89 Å². The Morgan fingerprint density at radius 3 is 2.82 bits per heavy atom. The summed E-state index contributed by atoms with van der Waals surface area (Å²) in [6.45, 7) is 8.80. The number of pyridine rings is 1. The van der Waals surface area contributed by atoms with E-state index in [1.807, 2.05) is 13.1 Å². The molecule has 6 heteroatoms. The zero-order chi connectivity index (χ0) is 15.9. The summed E-state index contributed by atoms with van der Waals surface area (Å²) >= 11 is 0. The van der Waals surface area contributed by atoms with E-state index in [0.717, 1.165) is 42.6 Å². The first kappa shape index (κ1) is 16.4. The smallest absolute Gasteiger partial charge is 0.226 e. The highest BCUT2D eigenvalue weighted by atomic mass is 16.5. The molecule has 2 aromatic rings. The highest BCUT2D eigenvalue weighted by Gasteiger charge is 2.13. The van der Waals surface area contributed by atoms with Gasteiger partial charge in [0.1, 0.15) is 5.82 Å². The van der Waals surface area contributed by atoms with Crippen LogP contribution in [0.3, 0.4) is 0 Å². The maximum Gasteiger partial charge on any atom is 0.226 e. The molecule has 0 aromatic carbocycles. The zero-order valence-corrected chi connectivity index (χ0v) is 13.8. The lowest BCUT2D eigenvalue weighted by atomic mass is 10.1. The van der Waals surface area contributed by atoms with E-state index in [9.17, 15) is 0 Å². The predicted octanol–water partition coefficient (Wildman–Crippen LogP) is 2.73. The first-order chi connectivity index (χ1) is 10.6. The molecule has 2 aromatic heterocycles. The Bertz CT molecular complexity index is 581. The molecule has 120 valence electrons. The summed E-state index contributed by atoms with van der Waals surface area (Å²) in [5.74, 6) is 2.89. The molecule has 6 nitrogen and oxygen atoms in total. The van der Waals surface area contributed by atoms with E-state index in [4.69, 9.17) is 4.52 Å². The second-order valence-electron chi connectivity index (χ2n) is 5.77. The third-order valence-electron chi connectivity index (χ3n) is 3.43. The molecule has 0 amide bonds. The molecular formula is C16H25N5O. The van der Waals surface area contributed by atoms with E-state index in [1.165, 1.54) is 0 Å². The summed E-state index contributed by atoms with van der Waals surface area (Å²) in [5.41, 5.74) is 1.16. The monoisotopic (exact) mass is 303 g/mol. The molecule has 22 heavy (non-hydrogen) atoms. The van der Waals surface area contributed by atoms with Crippen molar-refractivity contribution in [1.29, 1.82) is 0 Å². The van der Waals surface area contributed by atoms with E-state index < -0.39 is 0 Å². The van der Waals surface area contributed by atoms with Crippen molar-refractivity contribution in [2.45, 2.75) is 40.3 Å². The van der Waals surface area contributed by atoms with Gasteiger partial charge in [-0.15, -0.1) is 0 Å². The van der Waals surface area contributed by atoms with Crippen molar-refractivity contribution in [1.82, 2.24) is 20.0 Å². The van der Waals surface area contributed by atoms with Crippen molar-refractivity contribution in [2.75, 3.05) is 18.9 Å². The number of hydrogen-bond acceptors (Lipinski definition) is 6. The highest BCUT2D eigenvalue weighted by molar-refractivity contribution is 5.42. The van der Waals surface area contributed by atoms with Crippen LogP contribution in [0.4, 0.5) is 5.82 Å². The molecule has 0 spiro atoms. The molecule has 0 bridgehead atoms. The van der Waals surface area contributed by atoms with Gasteiger partial charge in [0.15, 0.2) is 5.82 Å². The third-order valence-corrected chi connectivity index (χ3v) is 3.43. The normalized spacial score (nSPS) is 11.4. The third kappa shape index (κ3) is 4.53. The molecule has 0 atom stereocenters. The fourth-order valence-corrected chi connectivity index (χ4v) is 2.30. The molecule has 0 radical (unpaired) electrons. The Hall–Kier alpha value is -1.95. The summed E-state index contributed by atoms with van der Waals surface area (Å²) in [5, 5.41) is 7.21. The molecule has 0 aliphatic heterocycles. The lowest BCUT2D eigenvalue weighted by Crippen LogP contribution is -2.23. The van der Waals surface area contributed by atoms with Crippen molar-refractivity contribution in [2.24, 2.45) is 5.92 Å². The molecule has 0 saturated heterocycles. The first-order valence-corrected chi connectivity index (χ1v) is 7.77. The summed E-state index contributed by atoms with van der Waals surface area (Å²) in [6.07, 6.45) is 2.62. The summed E-state index contributed by atoms with van der Waals surface area (Å²) in [4.78, 5) is 11.1. The molecule has 1 N–H and O–H groups in total. The molecular weight excluding hydrogens is 278 g/mol. The molecule has 0 saturated carbocycles. The van der Waals surface area contributed by atoms with E-state index in [0.29, 0.717) is 12.5 Å². The van der Waals surface area contributed by atoms with Crippen LogP contribution < -0.4 is 5.32 Å². The second kappa shape index (κ2) is 7.89. The van der Waals surface area contributed by atoms with E-state index in [1.54, 1.807) is 6.20 Å². The van der Waals surface area contributed by atoms with Crippen LogP contribution in [0.15, 0.2) is 22.9 Å². The van der Waals surface area contributed by atoms with Crippen molar-refractivity contribution in [3.63, 3.8) is 0 Å². The zero-order valence-electron chi connectivity index (χ0n) is 13.8. The quantitative estimate of drug-likeness (QED) is 0.809. The number of anilines is 1. The Kier molecular flexibility index (Phi) is 5.89. The van der Waals surface area contributed by atoms with Gasteiger partial charge in [0.25, 0.3) is 0 Å². The fourth-order valence-electron chi connectivity index (χ4n) is 2.30.